The van der Waals surface area contributed by atoms with Gasteiger partial charge < -0.3 is 9.73 Å². The van der Waals surface area contributed by atoms with Crippen LogP contribution in [-0.4, -0.2) is 34.2 Å². The standard InChI is InChI=1S/C11H11N5O3/c17-10(15-14-6-9-2-1-5-19-9)7-13-11(18)16-4-3-12-8-16/h1-6,8H,7H2,(H,13,18)(H,15,17). The van der Waals surface area contributed by atoms with Crippen molar-refractivity contribution in [2.75, 3.05) is 6.54 Å². The number of hydrogen-bond acceptors (Lipinski definition) is 5. The zero-order chi connectivity index (χ0) is 13.5. The van der Waals surface area contributed by atoms with Crippen molar-refractivity contribution in [1.29, 1.82) is 0 Å². The van der Waals surface area contributed by atoms with Gasteiger partial charge in [-0.15, -0.1) is 0 Å². The van der Waals surface area contributed by atoms with Gasteiger partial charge in [0.05, 0.1) is 12.5 Å². The van der Waals surface area contributed by atoms with E-state index in [0.717, 1.165) is 0 Å². The summed E-state index contributed by atoms with van der Waals surface area (Å²) in [6.07, 6.45) is 7.13. The Balaban J connectivity index is 1.71. The number of carbonyl (C=O) groups is 2. The SMILES string of the molecule is O=C(CNC(=O)n1ccnc1)NN=Cc1ccco1. The molecule has 0 aromatic carbocycles. The summed E-state index contributed by atoms with van der Waals surface area (Å²) in [5.74, 6) is 0.0685. The minimum atomic E-state index is -0.448. The molecule has 0 aliphatic rings. The Bertz CT molecular complexity index is 559. The fourth-order valence-electron chi connectivity index (χ4n) is 1.20. The average molecular weight is 261 g/mol. The van der Waals surface area contributed by atoms with Gasteiger partial charge in [-0.05, 0) is 12.1 Å². The van der Waals surface area contributed by atoms with Crippen molar-refractivity contribution in [3.63, 3.8) is 0 Å². The maximum atomic E-state index is 11.4. The Morgan fingerprint density at radius 2 is 2.42 bits per heavy atom. The summed E-state index contributed by atoms with van der Waals surface area (Å²) in [5.41, 5.74) is 2.25. The first-order chi connectivity index (χ1) is 9.25. The number of furan rings is 1. The van der Waals surface area contributed by atoms with Crippen molar-refractivity contribution in [1.82, 2.24) is 20.3 Å². The monoisotopic (exact) mass is 261 g/mol. The van der Waals surface area contributed by atoms with Gasteiger partial charge in [-0.3, -0.25) is 9.36 Å². The molecule has 0 saturated carbocycles. The van der Waals surface area contributed by atoms with E-state index < -0.39 is 11.9 Å². The van der Waals surface area contributed by atoms with Crippen LogP contribution in [0.1, 0.15) is 5.76 Å². The van der Waals surface area contributed by atoms with Gasteiger partial charge in [-0.1, -0.05) is 0 Å². The molecule has 0 aliphatic heterocycles. The molecule has 2 amide bonds. The summed E-state index contributed by atoms with van der Waals surface area (Å²) in [7, 11) is 0. The highest BCUT2D eigenvalue weighted by Gasteiger charge is 2.05. The molecule has 8 nitrogen and oxygen atoms in total. The van der Waals surface area contributed by atoms with E-state index in [2.05, 4.69) is 20.8 Å². The third-order valence-electron chi connectivity index (χ3n) is 2.06. The Kier molecular flexibility index (Phi) is 4.06. The summed E-state index contributed by atoms with van der Waals surface area (Å²) in [6, 6.07) is 2.95. The zero-order valence-corrected chi connectivity index (χ0v) is 9.81. The van der Waals surface area contributed by atoms with E-state index in [4.69, 9.17) is 4.42 Å². The Morgan fingerprint density at radius 3 is 3.11 bits per heavy atom. The maximum Gasteiger partial charge on any atom is 0.327 e. The molecular formula is C11H11N5O3. The van der Waals surface area contributed by atoms with Gasteiger partial charge in [0, 0.05) is 12.4 Å². The van der Waals surface area contributed by atoms with Gasteiger partial charge >= 0.3 is 6.03 Å². The van der Waals surface area contributed by atoms with Crippen LogP contribution >= 0.6 is 0 Å². The van der Waals surface area contributed by atoms with Crippen LogP contribution in [0.3, 0.4) is 0 Å². The number of nitrogens with one attached hydrogen (secondary N) is 2. The third-order valence-corrected chi connectivity index (χ3v) is 2.06. The van der Waals surface area contributed by atoms with E-state index in [-0.39, 0.29) is 6.54 Å². The predicted octanol–water partition coefficient (Wildman–Crippen LogP) is 0.184. The van der Waals surface area contributed by atoms with E-state index in [1.54, 1.807) is 12.1 Å². The number of hydrazone groups is 1. The molecule has 0 fully saturated rings. The van der Waals surface area contributed by atoms with Crippen molar-refractivity contribution in [2.45, 2.75) is 0 Å². The zero-order valence-electron chi connectivity index (χ0n) is 9.81. The quantitative estimate of drug-likeness (QED) is 0.605. The van der Waals surface area contributed by atoms with Crippen LogP contribution < -0.4 is 10.7 Å². The van der Waals surface area contributed by atoms with Crippen molar-refractivity contribution in [2.24, 2.45) is 5.10 Å². The van der Waals surface area contributed by atoms with Gasteiger partial charge in [0.15, 0.2) is 0 Å². The fraction of sp³-hybridized carbons (Fsp3) is 0.0909. The molecule has 2 N–H and O–H groups in total. The van der Waals surface area contributed by atoms with Crippen molar-refractivity contribution < 1.29 is 14.0 Å². The Labute approximate surface area is 108 Å². The third kappa shape index (κ3) is 3.80. The number of amides is 2. The molecule has 0 unspecified atom stereocenters. The molecule has 98 valence electrons. The molecule has 0 atom stereocenters. The molecule has 0 radical (unpaired) electrons. The highest BCUT2D eigenvalue weighted by atomic mass is 16.3. The molecule has 2 aromatic heterocycles. The minimum Gasteiger partial charge on any atom is -0.463 e. The van der Waals surface area contributed by atoms with E-state index in [1.807, 2.05) is 0 Å². The van der Waals surface area contributed by atoms with E-state index in [1.165, 1.54) is 35.8 Å². The van der Waals surface area contributed by atoms with Crippen LogP contribution in [-0.2, 0) is 4.79 Å². The van der Waals surface area contributed by atoms with Gasteiger partial charge in [0.2, 0.25) is 0 Å². The average Bonchev–Trinajstić information content (AvgIpc) is 3.08. The van der Waals surface area contributed by atoms with E-state index in [0.29, 0.717) is 5.76 Å². The molecule has 2 rings (SSSR count). The van der Waals surface area contributed by atoms with Crippen LogP contribution in [0.15, 0.2) is 46.6 Å². The summed E-state index contributed by atoms with van der Waals surface area (Å²) >= 11 is 0. The van der Waals surface area contributed by atoms with Crippen LogP contribution in [0.2, 0.25) is 0 Å². The maximum absolute atomic E-state index is 11.4. The first-order valence-electron chi connectivity index (χ1n) is 5.37. The molecule has 0 spiro atoms. The van der Waals surface area contributed by atoms with Gasteiger partial charge in [0.1, 0.15) is 18.6 Å². The molecule has 19 heavy (non-hydrogen) atoms. The lowest BCUT2D eigenvalue weighted by atomic mass is 10.5. The van der Waals surface area contributed by atoms with Crippen LogP contribution in [0.4, 0.5) is 4.79 Å². The van der Waals surface area contributed by atoms with E-state index in [9.17, 15) is 9.59 Å². The molecule has 2 heterocycles. The van der Waals surface area contributed by atoms with Gasteiger partial charge in [0.25, 0.3) is 5.91 Å². The first-order valence-corrected chi connectivity index (χ1v) is 5.37. The van der Waals surface area contributed by atoms with Crippen LogP contribution in [0, 0.1) is 0 Å². The fourth-order valence-corrected chi connectivity index (χ4v) is 1.20. The number of nitrogens with zero attached hydrogens (tertiary/aromatic N) is 3. The minimum absolute atomic E-state index is 0.188. The smallest absolute Gasteiger partial charge is 0.327 e. The molecular weight excluding hydrogens is 250 g/mol. The summed E-state index contributed by atoms with van der Waals surface area (Å²) < 4.78 is 6.20. The second kappa shape index (κ2) is 6.15. The highest BCUT2D eigenvalue weighted by molar-refractivity contribution is 5.85. The number of rotatable bonds is 4. The molecule has 0 bridgehead atoms. The largest absolute Gasteiger partial charge is 0.463 e. The van der Waals surface area contributed by atoms with Crippen molar-refractivity contribution in [3.8, 4) is 0 Å². The Morgan fingerprint density at radius 1 is 1.53 bits per heavy atom. The van der Waals surface area contributed by atoms with E-state index >= 15 is 0 Å². The predicted molar refractivity (Wildman–Crippen MR) is 65.5 cm³/mol. The van der Waals surface area contributed by atoms with Crippen LogP contribution in [0.25, 0.3) is 0 Å². The molecule has 0 saturated heterocycles. The highest BCUT2D eigenvalue weighted by Crippen LogP contribution is 1.94. The lowest BCUT2D eigenvalue weighted by Crippen LogP contribution is -2.36. The second-order valence-corrected chi connectivity index (χ2v) is 3.44. The Hall–Kier alpha value is -2.90. The molecule has 8 heteroatoms. The molecule has 2 aromatic rings. The van der Waals surface area contributed by atoms with Gasteiger partial charge in [-0.25, -0.2) is 15.2 Å². The second-order valence-electron chi connectivity index (χ2n) is 3.44. The van der Waals surface area contributed by atoms with Crippen molar-refractivity contribution in [3.05, 3.63) is 42.9 Å². The number of carbonyl (C=O) groups excluding carboxylic acids is 2. The lowest BCUT2D eigenvalue weighted by Gasteiger charge is -2.03. The van der Waals surface area contributed by atoms with Gasteiger partial charge in [-0.2, -0.15) is 5.10 Å². The number of aromatic nitrogens is 2. The van der Waals surface area contributed by atoms with Crippen molar-refractivity contribution >= 4 is 18.2 Å². The van der Waals surface area contributed by atoms with Crippen LogP contribution in [0.5, 0.6) is 0 Å². The summed E-state index contributed by atoms with van der Waals surface area (Å²) in [6.45, 7) is -0.188. The topological polar surface area (TPSA) is 102 Å². The normalized spacial score (nSPS) is 10.5. The summed E-state index contributed by atoms with van der Waals surface area (Å²) in [5, 5.41) is 6.07. The first kappa shape index (κ1) is 12.6. The number of imidazole rings is 1. The lowest BCUT2D eigenvalue weighted by molar-refractivity contribution is -0.120. The number of hydrogen-bond donors (Lipinski definition) is 2. The molecule has 0 aliphatic carbocycles. The summed E-state index contributed by atoms with van der Waals surface area (Å²) in [4.78, 5) is 26.5.